The first kappa shape index (κ1) is 9.38. The van der Waals surface area contributed by atoms with Gasteiger partial charge >= 0.3 is 0 Å². The van der Waals surface area contributed by atoms with Gasteiger partial charge in [0.15, 0.2) is 0 Å². The topological polar surface area (TPSA) is 76.4 Å². The maximum atomic E-state index is 5.48. The van der Waals surface area contributed by atoms with Gasteiger partial charge in [0, 0.05) is 19.2 Å². The molecule has 1 rings (SSSR count). The van der Waals surface area contributed by atoms with E-state index in [2.05, 4.69) is 10.4 Å². The molecule has 4 heteroatoms. The first-order valence-electron chi connectivity index (χ1n) is 4.05. The third-order valence-electron chi connectivity index (χ3n) is 1.79. The fraction of sp³-hybridized carbons (Fsp3) is 0.222. The molecule has 0 spiro atoms. The van der Waals surface area contributed by atoms with Crippen molar-refractivity contribution < 1.29 is 0 Å². The summed E-state index contributed by atoms with van der Waals surface area (Å²) < 4.78 is 0. The first-order valence-corrected chi connectivity index (χ1v) is 4.05. The Morgan fingerprint density at radius 1 is 1.38 bits per heavy atom. The average molecular weight is 178 g/mol. The lowest BCUT2D eigenvalue weighted by Gasteiger charge is -2.02. The van der Waals surface area contributed by atoms with Crippen LogP contribution in [0, 0.1) is 0 Å². The van der Waals surface area contributed by atoms with E-state index in [1.165, 1.54) is 0 Å². The molecule has 0 bridgehead atoms. The molecule has 70 valence electrons. The second-order valence-electron chi connectivity index (χ2n) is 2.74. The average Bonchev–Trinajstić information content (AvgIpc) is 2.19. The number of hydrazone groups is 1. The highest BCUT2D eigenvalue weighted by atomic mass is 15.1. The first-order chi connectivity index (χ1) is 6.26. The summed E-state index contributed by atoms with van der Waals surface area (Å²) in [7, 11) is 1.88. The van der Waals surface area contributed by atoms with E-state index < -0.39 is 0 Å². The summed E-state index contributed by atoms with van der Waals surface area (Å²) in [6.07, 6.45) is 0.598. The van der Waals surface area contributed by atoms with Crippen molar-refractivity contribution >= 4 is 11.5 Å². The molecule has 1 aromatic rings. The van der Waals surface area contributed by atoms with Crippen molar-refractivity contribution in [2.24, 2.45) is 16.7 Å². The zero-order valence-corrected chi connectivity index (χ0v) is 7.62. The van der Waals surface area contributed by atoms with Crippen molar-refractivity contribution in [1.82, 2.24) is 0 Å². The highest BCUT2D eigenvalue weighted by Gasteiger charge is 1.95. The van der Waals surface area contributed by atoms with Crippen molar-refractivity contribution in [1.29, 1.82) is 0 Å². The van der Waals surface area contributed by atoms with Crippen molar-refractivity contribution in [2.75, 3.05) is 12.4 Å². The number of nitrogens with zero attached hydrogens (tertiary/aromatic N) is 1. The number of nitrogens with two attached hydrogens (primary N) is 2. The summed E-state index contributed by atoms with van der Waals surface area (Å²) in [6.45, 7) is 0. The van der Waals surface area contributed by atoms with Gasteiger partial charge in [-0.1, -0.05) is 12.1 Å². The molecule has 0 atom stereocenters. The van der Waals surface area contributed by atoms with Crippen LogP contribution in [-0.2, 0) is 6.42 Å². The van der Waals surface area contributed by atoms with Crippen LogP contribution >= 0.6 is 0 Å². The maximum Gasteiger partial charge on any atom is 0.123 e. The summed E-state index contributed by atoms with van der Waals surface area (Å²) in [5, 5.41) is 6.44. The lowest BCUT2D eigenvalue weighted by molar-refractivity contribution is 1.17. The number of hydrogen-bond acceptors (Lipinski definition) is 3. The van der Waals surface area contributed by atoms with Crippen LogP contribution in [0.2, 0.25) is 0 Å². The number of rotatable bonds is 3. The van der Waals surface area contributed by atoms with Crippen LogP contribution in [-0.4, -0.2) is 12.9 Å². The van der Waals surface area contributed by atoms with Gasteiger partial charge in [0.1, 0.15) is 5.84 Å². The fourth-order valence-electron chi connectivity index (χ4n) is 1.04. The van der Waals surface area contributed by atoms with Crippen LogP contribution < -0.4 is 16.9 Å². The standard InChI is InChI=1S/C9H14N4/c1-12-8-4-2-7(3-5-8)6-9(10)13-11/h2-5,12H,6,11H2,1H3,(H2,10,13). The lowest BCUT2D eigenvalue weighted by Crippen LogP contribution is -2.16. The van der Waals surface area contributed by atoms with Crippen molar-refractivity contribution in [3.63, 3.8) is 0 Å². The van der Waals surface area contributed by atoms with Gasteiger partial charge in [0.2, 0.25) is 0 Å². The smallest absolute Gasteiger partial charge is 0.123 e. The largest absolute Gasteiger partial charge is 0.388 e. The molecule has 0 amide bonds. The molecule has 1 aromatic carbocycles. The molecule has 0 aliphatic rings. The molecule has 0 aliphatic carbocycles. The molecule has 0 heterocycles. The van der Waals surface area contributed by atoms with Crippen molar-refractivity contribution in [3.05, 3.63) is 29.8 Å². The maximum absolute atomic E-state index is 5.48. The minimum absolute atomic E-state index is 0.442. The predicted molar refractivity (Wildman–Crippen MR) is 55.5 cm³/mol. The van der Waals surface area contributed by atoms with Crippen LogP contribution in [0.1, 0.15) is 5.56 Å². The summed E-state index contributed by atoms with van der Waals surface area (Å²) in [6, 6.07) is 7.95. The van der Waals surface area contributed by atoms with Gasteiger partial charge < -0.3 is 16.9 Å². The second-order valence-corrected chi connectivity index (χ2v) is 2.74. The highest BCUT2D eigenvalue weighted by molar-refractivity contribution is 5.82. The number of benzene rings is 1. The van der Waals surface area contributed by atoms with E-state index in [1.54, 1.807) is 0 Å². The Hall–Kier alpha value is -1.71. The zero-order valence-electron chi connectivity index (χ0n) is 7.62. The number of nitrogens with one attached hydrogen (secondary N) is 1. The molecule has 5 N–H and O–H groups in total. The van der Waals surface area contributed by atoms with Gasteiger partial charge in [-0.25, -0.2) is 0 Å². The molecular formula is C9H14N4. The normalized spacial score (nSPS) is 11.3. The van der Waals surface area contributed by atoms with E-state index in [1.807, 2.05) is 31.3 Å². The van der Waals surface area contributed by atoms with Crippen molar-refractivity contribution in [2.45, 2.75) is 6.42 Å². The van der Waals surface area contributed by atoms with Gasteiger partial charge in [0.25, 0.3) is 0 Å². The third kappa shape index (κ3) is 2.66. The fourth-order valence-corrected chi connectivity index (χ4v) is 1.04. The van der Waals surface area contributed by atoms with Crippen LogP contribution in [0.3, 0.4) is 0 Å². The van der Waals surface area contributed by atoms with E-state index >= 15 is 0 Å². The summed E-state index contributed by atoms with van der Waals surface area (Å²) in [4.78, 5) is 0. The molecule has 0 saturated heterocycles. The molecule has 0 radical (unpaired) electrons. The molecule has 0 unspecified atom stereocenters. The van der Waals surface area contributed by atoms with Gasteiger partial charge in [-0.3, -0.25) is 0 Å². The highest BCUT2D eigenvalue weighted by Crippen LogP contribution is 2.08. The molecule has 0 aromatic heterocycles. The Morgan fingerprint density at radius 2 is 2.00 bits per heavy atom. The molecular weight excluding hydrogens is 164 g/mol. The summed E-state index contributed by atoms with van der Waals surface area (Å²) in [5.74, 6) is 5.47. The van der Waals surface area contributed by atoms with Gasteiger partial charge in [-0.15, -0.1) is 0 Å². The lowest BCUT2D eigenvalue weighted by atomic mass is 10.1. The monoisotopic (exact) mass is 178 g/mol. The minimum Gasteiger partial charge on any atom is -0.388 e. The van der Waals surface area contributed by atoms with E-state index in [-0.39, 0.29) is 0 Å². The Bertz CT molecular complexity index is 289. The minimum atomic E-state index is 0.442. The van der Waals surface area contributed by atoms with Crippen LogP contribution in [0.4, 0.5) is 5.69 Å². The van der Waals surface area contributed by atoms with Crippen LogP contribution in [0.25, 0.3) is 0 Å². The Labute approximate surface area is 77.6 Å². The number of anilines is 1. The molecule has 13 heavy (non-hydrogen) atoms. The SMILES string of the molecule is CNc1ccc(CC(N)=NN)cc1. The van der Waals surface area contributed by atoms with Crippen LogP contribution in [0.5, 0.6) is 0 Å². The summed E-state index contributed by atoms with van der Waals surface area (Å²) in [5.41, 5.74) is 7.66. The number of amidine groups is 1. The van der Waals surface area contributed by atoms with Gasteiger partial charge in [0.05, 0.1) is 0 Å². The molecule has 4 nitrogen and oxygen atoms in total. The Balaban J connectivity index is 2.69. The zero-order chi connectivity index (χ0) is 9.68. The third-order valence-corrected chi connectivity index (χ3v) is 1.79. The molecule has 0 aliphatic heterocycles. The Morgan fingerprint density at radius 3 is 2.46 bits per heavy atom. The molecule has 0 fully saturated rings. The Kier molecular flexibility index (Phi) is 3.14. The van der Waals surface area contributed by atoms with E-state index in [0.717, 1.165) is 11.3 Å². The van der Waals surface area contributed by atoms with E-state index in [0.29, 0.717) is 12.3 Å². The van der Waals surface area contributed by atoms with E-state index in [9.17, 15) is 0 Å². The van der Waals surface area contributed by atoms with E-state index in [4.69, 9.17) is 11.6 Å². The second kappa shape index (κ2) is 4.35. The van der Waals surface area contributed by atoms with Crippen molar-refractivity contribution in [3.8, 4) is 0 Å². The van der Waals surface area contributed by atoms with Crippen LogP contribution in [0.15, 0.2) is 29.4 Å². The number of hydrogen-bond donors (Lipinski definition) is 3. The van der Waals surface area contributed by atoms with Gasteiger partial charge in [-0.05, 0) is 17.7 Å². The quantitative estimate of drug-likeness (QED) is 0.273. The predicted octanol–water partition coefficient (Wildman–Crippen LogP) is 0.502. The summed E-state index contributed by atoms with van der Waals surface area (Å²) >= 11 is 0. The molecule has 0 saturated carbocycles. The van der Waals surface area contributed by atoms with Gasteiger partial charge in [-0.2, -0.15) is 5.10 Å².